The molecule has 0 saturated carbocycles. The average molecular weight is 451 g/mol. The number of carbonyl (C=O) groups excluding carboxylic acids is 1. The topological polar surface area (TPSA) is 75.5 Å². The van der Waals surface area contributed by atoms with Crippen LogP contribution < -0.4 is 16.2 Å². The molecule has 6 nitrogen and oxygen atoms in total. The molecule has 0 bridgehead atoms. The molecule has 4 aromatic rings. The van der Waals surface area contributed by atoms with Gasteiger partial charge in [-0.15, -0.1) is 11.8 Å². The highest BCUT2D eigenvalue weighted by Crippen LogP contribution is 2.30. The molecule has 0 aliphatic heterocycles. The van der Waals surface area contributed by atoms with Gasteiger partial charge in [0.25, 0.3) is 5.56 Å². The van der Waals surface area contributed by atoms with Crippen LogP contribution in [0.25, 0.3) is 5.65 Å². The van der Waals surface area contributed by atoms with E-state index in [9.17, 15) is 9.59 Å². The summed E-state index contributed by atoms with van der Waals surface area (Å²) >= 11 is 7.62. The molecule has 0 radical (unpaired) electrons. The number of amides is 2. The second kappa shape index (κ2) is 9.24. The molecule has 2 amide bonds. The fourth-order valence-corrected chi connectivity index (χ4v) is 4.12. The Hall–Kier alpha value is -3.29. The van der Waals surface area contributed by atoms with Gasteiger partial charge < -0.3 is 10.6 Å². The number of urea groups is 1. The lowest BCUT2D eigenvalue weighted by Gasteiger charge is -2.13. The number of thioether (sulfide) groups is 1. The maximum Gasteiger partial charge on any atom is 0.323 e. The van der Waals surface area contributed by atoms with Crippen molar-refractivity contribution >= 4 is 46.4 Å². The third-order valence-electron chi connectivity index (χ3n) is 4.65. The summed E-state index contributed by atoms with van der Waals surface area (Å²) in [6.07, 6.45) is 1.70. The predicted octanol–water partition coefficient (Wildman–Crippen LogP) is 5.59. The Bertz CT molecular complexity index is 1320. The van der Waals surface area contributed by atoms with E-state index >= 15 is 0 Å². The third kappa shape index (κ3) is 4.90. The second-order valence-corrected chi connectivity index (χ2v) is 8.22. The minimum absolute atomic E-state index is 0.121. The number of para-hydroxylation sites is 1. The lowest BCUT2D eigenvalue weighted by molar-refractivity contribution is 0.262. The van der Waals surface area contributed by atoms with Gasteiger partial charge in [-0.3, -0.25) is 9.20 Å². The van der Waals surface area contributed by atoms with Crippen LogP contribution >= 0.6 is 23.4 Å². The Morgan fingerprint density at radius 1 is 1.03 bits per heavy atom. The first kappa shape index (κ1) is 21.0. The van der Waals surface area contributed by atoms with Crippen molar-refractivity contribution < 1.29 is 4.79 Å². The number of fused-ring (bicyclic) bond motifs is 1. The molecule has 4 rings (SSSR count). The minimum atomic E-state index is -0.361. The number of nitrogens with zero attached hydrogens (tertiary/aromatic N) is 2. The number of pyridine rings is 1. The lowest BCUT2D eigenvalue weighted by atomic mass is 10.2. The van der Waals surface area contributed by atoms with Crippen LogP contribution in [0.1, 0.15) is 11.3 Å². The van der Waals surface area contributed by atoms with E-state index in [4.69, 9.17) is 11.6 Å². The van der Waals surface area contributed by atoms with Crippen molar-refractivity contribution in [1.82, 2.24) is 9.38 Å². The maximum atomic E-state index is 12.5. The molecule has 8 heteroatoms. The van der Waals surface area contributed by atoms with Gasteiger partial charge in [0, 0.05) is 33.6 Å². The van der Waals surface area contributed by atoms with Crippen molar-refractivity contribution in [2.24, 2.45) is 0 Å². The highest BCUT2D eigenvalue weighted by molar-refractivity contribution is 7.98. The summed E-state index contributed by atoms with van der Waals surface area (Å²) in [5.74, 6) is 0.494. The Morgan fingerprint density at radius 3 is 2.65 bits per heavy atom. The van der Waals surface area contributed by atoms with Gasteiger partial charge >= 0.3 is 6.03 Å². The summed E-state index contributed by atoms with van der Waals surface area (Å²) in [6, 6.07) is 19.5. The number of rotatable bonds is 5. The molecule has 31 heavy (non-hydrogen) atoms. The van der Waals surface area contributed by atoms with E-state index in [1.165, 1.54) is 22.2 Å². The Kier molecular flexibility index (Phi) is 6.25. The molecule has 0 aliphatic rings. The van der Waals surface area contributed by atoms with Crippen LogP contribution in [0, 0.1) is 6.92 Å². The van der Waals surface area contributed by atoms with E-state index in [1.807, 2.05) is 37.3 Å². The van der Waals surface area contributed by atoms with Crippen molar-refractivity contribution in [1.29, 1.82) is 0 Å². The number of benzene rings is 2. The van der Waals surface area contributed by atoms with Crippen molar-refractivity contribution in [2.75, 3.05) is 10.6 Å². The molecule has 2 heterocycles. The first-order valence-corrected chi connectivity index (χ1v) is 10.9. The first-order chi connectivity index (χ1) is 15.0. The van der Waals surface area contributed by atoms with Crippen LogP contribution in [-0.2, 0) is 5.75 Å². The summed E-state index contributed by atoms with van der Waals surface area (Å²) in [5, 5.41) is 6.30. The van der Waals surface area contributed by atoms with E-state index in [0.717, 1.165) is 10.5 Å². The zero-order chi connectivity index (χ0) is 21.8. The van der Waals surface area contributed by atoms with Gasteiger partial charge in [0.1, 0.15) is 5.65 Å². The summed E-state index contributed by atoms with van der Waals surface area (Å²) in [4.78, 5) is 30.2. The number of halogens is 1. The molecule has 0 saturated heterocycles. The Labute approximate surface area is 188 Å². The number of carbonyl (C=O) groups is 1. The van der Waals surface area contributed by atoms with Crippen molar-refractivity contribution in [2.45, 2.75) is 17.6 Å². The van der Waals surface area contributed by atoms with Crippen LogP contribution in [0.5, 0.6) is 0 Å². The average Bonchev–Trinajstić information content (AvgIpc) is 2.76. The molecule has 2 N–H and O–H groups in total. The van der Waals surface area contributed by atoms with Crippen molar-refractivity contribution in [3.05, 3.63) is 99.6 Å². The van der Waals surface area contributed by atoms with E-state index < -0.39 is 0 Å². The zero-order valence-electron chi connectivity index (χ0n) is 16.6. The number of aromatic nitrogens is 2. The highest BCUT2D eigenvalue weighted by Gasteiger charge is 2.11. The number of anilines is 2. The first-order valence-electron chi connectivity index (χ1n) is 9.53. The van der Waals surface area contributed by atoms with Gasteiger partial charge in [0.2, 0.25) is 0 Å². The van der Waals surface area contributed by atoms with Crippen LogP contribution in [0.4, 0.5) is 16.2 Å². The monoisotopic (exact) mass is 450 g/mol. The standard InChI is InChI=1S/C23H19ClN4O2S/c1-15-17(24)7-6-9-18(15)26-23(30)27-19-8-2-3-10-20(19)31-14-16-13-22(29)28-12-5-4-11-21(28)25-16/h2-13H,14H2,1H3,(H2,26,27,30). The fourth-order valence-electron chi connectivity index (χ4n) is 3.04. The van der Waals surface area contributed by atoms with Crippen LogP contribution in [0.3, 0.4) is 0 Å². The molecule has 0 unspecified atom stereocenters. The van der Waals surface area contributed by atoms with Gasteiger partial charge in [-0.05, 0) is 48.9 Å². The van der Waals surface area contributed by atoms with Gasteiger partial charge in [-0.1, -0.05) is 35.9 Å². The maximum absolute atomic E-state index is 12.5. The zero-order valence-corrected chi connectivity index (χ0v) is 18.2. The van der Waals surface area contributed by atoms with Gasteiger partial charge in [-0.25, -0.2) is 9.78 Å². The molecule has 0 aliphatic carbocycles. The molecule has 156 valence electrons. The summed E-state index contributed by atoms with van der Waals surface area (Å²) in [5.41, 5.74) is 3.28. The van der Waals surface area contributed by atoms with Crippen LogP contribution in [-0.4, -0.2) is 15.4 Å². The van der Waals surface area contributed by atoms with E-state index in [-0.39, 0.29) is 11.6 Å². The summed E-state index contributed by atoms with van der Waals surface area (Å²) in [7, 11) is 0. The number of nitrogens with one attached hydrogen (secondary N) is 2. The van der Waals surface area contributed by atoms with Crippen LogP contribution in [0.15, 0.2) is 82.6 Å². The van der Waals surface area contributed by atoms with E-state index in [2.05, 4.69) is 15.6 Å². The highest BCUT2D eigenvalue weighted by atomic mass is 35.5. The molecule has 0 spiro atoms. The molecule has 0 atom stereocenters. The molecular formula is C23H19ClN4O2S. The predicted molar refractivity (Wildman–Crippen MR) is 126 cm³/mol. The van der Waals surface area contributed by atoms with Gasteiger partial charge in [0.15, 0.2) is 0 Å². The van der Waals surface area contributed by atoms with Crippen molar-refractivity contribution in [3.63, 3.8) is 0 Å². The van der Waals surface area contributed by atoms with E-state index in [0.29, 0.717) is 33.5 Å². The second-order valence-electron chi connectivity index (χ2n) is 6.79. The SMILES string of the molecule is Cc1c(Cl)cccc1NC(=O)Nc1ccccc1SCc1cc(=O)n2ccccc2n1. The largest absolute Gasteiger partial charge is 0.323 e. The lowest BCUT2D eigenvalue weighted by Crippen LogP contribution is -2.20. The van der Waals surface area contributed by atoms with Crippen LogP contribution in [0.2, 0.25) is 5.02 Å². The van der Waals surface area contributed by atoms with Gasteiger partial charge in [-0.2, -0.15) is 0 Å². The summed E-state index contributed by atoms with van der Waals surface area (Å²) in [6.45, 7) is 1.85. The quantitative estimate of drug-likeness (QED) is 0.388. The summed E-state index contributed by atoms with van der Waals surface area (Å²) < 4.78 is 1.51. The van der Waals surface area contributed by atoms with Crippen molar-refractivity contribution in [3.8, 4) is 0 Å². The van der Waals surface area contributed by atoms with Gasteiger partial charge in [0.05, 0.1) is 11.4 Å². The molecule has 2 aromatic carbocycles. The Balaban J connectivity index is 1.48. The number of hydrogen-bond acceptors (Lipinski definition) is 4. The van der Waals surface area contributed by atoms with E-state index in [1.54, 1.807) is 36.5 Å². The fraction of sp³-hybridized carbons (Fsp3) is 0.0870. The molecular weight excluding hydrogens is 432 g/mol. The third-order valence-corrected chi connectivity index (χ3v) is 6.17. The smallest absolute Gasteiger partial charge is 0.307 e. The normalized spacial score (nSPS) is 10.8. The molecule has 0 fully saturated rings. The molecule has 2 aromatic heterocycles. The minimum Gasteiger partial charge on any atom is -0.307 e. The number of hydrogen-bond donors (Lipinski definition) is 2. The Morgan fingerprint density at radius 2 is 1.77 bits per heavy atom.